The van der Waals surface area contributed by atoms with Crippen molar-refractivity contribution in [1.29, 1.82) is 0 Å². The number of aliphatic imine (C=N–C) groups is 1. The fourth-order valence-electron chi connectivity index (χ4n) is 3.18. The maximum atomic E-state index is 5.70. The lowest BCUT2D eigenvalue weighted by molar-refractivity contribution is 0.324. The van der Waals surface area contributed by atoms with Crippen LogP contribution >= 0.6 is 24.0 Å². The van der Waals surface area contributed by atoms with Gasteiger partial charge in [0.15, 0.2) is 5.96 Å². The summed E-state index contributed by atoms with van der Waals surface area (Å²) in [6.45, 7) is 11.7. The van der Waals surface area contributed by atoms with E-state index in [9.17, 15) is 0 Å². The zero-order chi connectivity index (χ0) is 17.9. The molecule has 1 aliphatic rings. The highest BCUT2D eigenvalue weighted by atomic mass is 127. The summed E-state index contributed by atoms with van der Waals surface area (Å²) in [5, 5.41) is 6.84. The number of guanidine groups is 1. The van der Waals surface area contributed by atoms with Crippen LogP contribution in [-0.4, -0.2) is 50.7 Å². The second-order valence-electron chi connectivity index (χ2n) is 6.47. The molecule has 0 radical (unpaired) electrons. The van der Waals surface area contributed by atoms with Gasteiger partial charge >= 0.3 is 0 Å². The van der Waals surface area contributed by atoms with Gasteiger partial charge in [0.25, 0.3) is 0 Å². The van der Waals surface area contributed by atoms with Gasteiger partial charge in [-0.2, -0.15) is 0 Å². The Hall–Kier alpha value is -1.28. The number of benzene rings is 1. The third-order valence-electron chi connectivity index (χ3n) is 4.47. The van der Waals surface area contributed by atoms with Crippen LogP contribution < -0.4 is 15.4 Å². The topological polar surface area (TPSA) is 48.9 Å². The Morgan fingerprint density at radius 2 is 2.19 bits per heavy atom. The minimum Gasteiger partial charge on any atom is -0.489 e. The Bertz CT molecular complexity index is 564. The first kappa shape index (κ1) is 22.8. The SMILES string of the molecule is C=CCOc1ccccc1CNC(=NC)NCC1CCN(CCC)C1.I. The van der Waals surface area contributed by atoms with E-state index >= 15 is 0 Å². The summed E-state index contributed by atoms with van der Waals surface area (Å²) in [5.74, 6) is 2.43. The van der Waals surface area contributed by atoms with Crippen LogP contribution in [0.2, 0.25) is 0 Å². The predicted octanol–water partition coefficient (Wildman–Crippen LogP) is 3.27. The van der Waals surface area contributed by atoms with Gasteiger partial charge in [-0.05, 0) is 37.9 Å². The van der Waals surface area contributed by atoms with Gasteiger partial charge < -0.3 is 20.3 Å². The van der Waals surface area contributed by atoms with Gasteiger partial charge in [-0.25, -0.2) is 0 Å². The lowest BCUT2D eigenvalue weighted by Gasteiger charge is -2.17. The van der Waals surface area contributed by atoms with E-state index in [-0.39, 0.29) is 24.0 Å². The van der Waals surface area contributed by atoms with E-state index < -0.39 is 0 Å². The molecule has 1 unspecified atom stereocenters. The minimum atomic E-state index is 0. The molecule has 5 nitrogen and oxygen atoms in total. The fourth-order valence-corrected chi connectivity index (χ4v) is 3.18. The van der Waals surface area contributed by atoms with Crippen molar-refractivity contribution >= 4 is 29.9 Å². The van der Waals surface area contributed by atoms with Gasteiger partial charge in [-0.15, -0.1) is 24.0 Å². The molecule has 0 spiro atoms. The molecule has 2 N–H and O–H groups in total. The number of hydrogen-bond donors (Lipinski definition) is 2. The van der Waals surface area contributed by atoms with Gasteiger partial charge in [0, 0.05) is 32.2 Å². The van der Waals surface area contributed by atoms with Crippen molar-refractivity contribution in [2.45, 2.75) is 26.3 Å². The summed E-state index contributed by atoms with van der Waals surface area (Å²) in [7, 11) is 1.81. The summed E-state index contributed by atoms with van der Waals surface area (Å²) < 4.78 is 5.70. The van der Waals surface area contributed by atoms with E-state index in [0.717, 1.165) is 23.8 Å². The predicted molar refractivity (Wildman–Crippen MR) is 121 cm³/mol. The van der Waals surface area contributed by atoms with Crippen molar-refractivity contribution in [2.75, 3.05) is 39.8 Å². The molecule has 0 bridgehead atoms. The highest BCUT2D eigenvalue weighted by Crippen LogP contribution is 2.18. The van der Waals surface area contributed by atoms with Crippen LogP contribution in [-0.2, 0) is 6.54 Å². The Morgan fingerprint density at radius 3 is 2.92 bits per heavy atom. The van der Waals surface area contributed by atoms with Crippen molar-refractivity contribution in [3.63, 3.8) is 0 Å². The molecule has 1 heterocycles. The monoisotopic (exact) mass is 472 g/mol. The van der Waals surface area contributed by atoms with Gasteiger partial charge in [0.05, 0.1) is 0 Å². The van der Waals surface area contributed by atoms with E-state index in [4.69, 9.17) is 4.74 Å². The van der Waals surface area contributed by atoms with Gasteiger partial charge in [0.1, 0.15) is 12.4 Å². The molecule has 0 aliphatic carbocycles. The summed E-state index contributed by atoms with van der Waals surface area (Å²) in [4.78, 5) is 6.89. The summed E-state index contributed by atoms with van der Waals surface area (Å²) in [6.07, 6.45) is 4.26. The van der Waals surface area contributed by atoms with Crippen molar-refractivity contribution in [3.8, 4) is 5.75 Å². The van der Waals surface area contributed by atoms with Crippen LogP contribution in [0.3, 0.4) is 0 Å². The minimum absolute atomic E-state index is 0. The Morgan fingerprint density at radius 1 is 1.38 bits per heavy atom. The molecule has 0 saturated carbocycles. The maximum absolute atomic E-state index is 5.70. The number of halogens is 1. The standard InChI is InChI=1S/C20H32N4O.HI/c1-4-11-24-12-10-17(16-24)14-22-20(21-3)23-15-18-8-6-7-9-19(18)25-13-5-2;/h5-9,17H,2,4,10-16H2,1,3H3,(H2,21,22,23);1H. The third-order valence-corrected chi connectivity index (χ3v) is 4.47. The largest absolute Gasteiger partial charge is 0.489 e. The van der Waals surface area contributed by atoms with Crippen molar-refractivity contribution in [2.24, 2.45) is 10.9 Å². The molecule has 1 aromatic carbocycles. The molecule has 0 amide bonds. The van der Waals surface area contributed by atoms with E-state index in [1.807, 2.05) is 25.2 Å². The zero-order valence-corrected chi connectivity index (χ0v) is 18.4. The number of nitrogens with zero attached hydrogens (tertiary/aromatic N) is 2. The van der Waals surface area contributed by atoms with Crippen molar-refractivity contribution in [1.82, 2.24) is 15.5 Å². The molecule has 2 rings (SSSR count). The smallest absolute Gasteiger partial charge is 0.191 e. The average Bonchev–Trinajstić information content (AvgIpc) is 3.08. The van der Waals surface area contributed by atoms with Crippen molar-refractivity contribution in [3.05, 3.63) is 42.5 Å². The summed E-state index contributed by atoms with van der Waals surface area (Å²) in [5.41, 5.74) is 1.11. The zero-order valence-electron chi connectivity index (χ0n) is 16.0. The van der Waals surface area contributed by atoms with Crippen LogP contribution in [0.25, 0.3) is 0 Å². The molecule has 0 aromatic heterocycles. The number of ether oxygens (including phenoxy) is 1. The van der Waals surface area contributed by atoms with E-state index in [2.05, 4.69) is 40.1 Å². The molecule has 1 atom stereocenters. The number of rotatable bonds is 9. The number of nitrogens with one attached hydrogen (secondary N) is 2. The third kappa shape index (κ3) is 7.53. The quantitative estimate of drug-likeness (QED) is 0.251. The molecule has 26 heavy (non-hydrogen) atoms. The Kier molecular flexibility index (Phi) is 11.4. The van der Waals surface area contributed by atoms with Gasteiger partial charge in [-0.1, -0.05) is 37.8 Å². The average molecular weight is 472 g/mol. The van der Waals surface area contributed by atoms with E-state index in [1.54, 1.807) is 6.08 Å². The molecule has 1 aliphatic heterocycles. The first-order chi connectivity index (χ1) is 12.3. The lowest BCUT2D eigenvalue weighted by Crippen LogP contribution is -2.40. The van der Waals surface area contributed by atoms with Crippen LogP contribution in [0.4, 0.5) is 0 Å². The second kappa shape index (κ2) is 13.0. The van der Waals surface area contributed by atoms with Crippen LogP contribution in [0.15, 0.2) is 41.9 Å². The number of likely N-dealkylation sites (tertiary alicyclic amines) is 1. The van der Waals surface area contributed by atoms with Gasteiger partial charge in [-0.3, -0.25) is 4.99 Å². The van der Waals surface area contributed by atoms with Crippen LogP contribution in [0.1, 0.15) is 25.3 Å². The fraction of sp³-hybridized carbons (Fsp3) is 0.550. The van der Waals surface area contributed by atoms with E-state index in [0.29, 0.717) is 19.1 Å². The number of para-hydroxylation sites is 1. The van der Waals surface area contributed by atoms with Gasteiger partial charge in [0.2, 0.25) is 0 Å². The van der Waals surface area contributed by atoms with Crippen LogP contribution in [0, 0.1) is 5.92 Å². The molecular weight excluding hydrogens is 439 g/mol. The summed E-state index contributed by atoms with van der Waals surface area (Å²) >= 11 is 0. The highest BCUT2D eigenvalue weighted by molar-refractivity contribution is 14.0. The lowest BCUT2D eigenvalue weighted by atomic mass is 10.1. The molecule has 1 aromatic rings. The second-order valence-corrected chi connectivity index (χ2v) is 6.47. The normalized spacial score (nSPS) is 17.5. The maximum Gasteiger partial charge on any atom is 0.191 e. The molecular formula is C20H33IN4O. The first-order valence-electron chi connectivity index (χ1n) is 9.25. The Labute approximate surface area is 175 Å². The van der Waals surface area contributed by atoms with Crippen LogP contribution in [0.5, 0.6) is 5.75 Å². The summed E-state index contributed by atoms with van der Waals surface area (Å²) in [6, 6.07) is 8.06. The first-order valence-corrected chi connectivity index (χ1v) is 9.25. The molecule has 1 fully saturated rings. The Balaban J connectivity index is 0.00000338. The molecule has 1 saturated heterocycles. The molecule has 6 heteroatoms. The van der Waals surface area contributed by atoms with E-state index in [1.165, 1.54) is 32.5 Å². The highest BCUT2D eigenvalue weighted by Gasteiger charge is 2.21. The number of hydrogen-bond acceptors (Lipinski definition) is 3. The van der Waals surface area contributed by atoms with Crippen molar-refractivity contribution < 1.29 is 4.74 Å². The molecule has 146 valence electrons.